The second kappa shape index (κ2) is 4.44. The monoisotopic (exact) mass is 271 g/mol. The summed E-state index contributed by atoms with van der Waals surface area (Å²) in [5, 5.41) is 0. The van der Waals surface area contributed by atoms with Crippen molar-refractivity contribution in [1.82, 2.24) is 9.97 Å². The predicted octanol–water partition coefficient (Wildman–Crippen LogP) is 3.72. The molecule has 1 aromatic heterocycles. The molecule has 4 bridgehead atoms. The summed E-state index contributed by atoms with van der Waals surface area (Å²) in [4.78, 5) is 9.04. The van der Waals surface area contributed by atoms with Crippen LogP contribution in [-0.4, -0.2) is 9.97 Å². The minimum Gasteiger partial charge on any atom is -0.368 e. The third-order valence-corrected chi connectivity index (χ3v) is 5.94. The van der Waals surface area contributed by atoms with Gasteiger partial charge in [0, 0.05) is 17.3 Å². The van der Waals surface area contributed by atoms with Gasteiger partial charge >= 0.3 is 0 Å². The first-order chi connectivity index (χ1) is 9.60. The normalized spacial score (nSPS) is 38.6. The molecule has 5 rings (SSSR count). The molecule has 0 saturated heterocycles. The van der Waals surface area contributed by atoms with Crippen molar-refractivity contribution in [2.24, 2.45) is 23.7 Å². The third-order valence-electron chi connectivity index (χ3n) is 5.94. The van der Waals surface area contributed by atoms with Crippen molar-refractivity contribution >= 4 is 5.95 Å². The standard InChI is InChI=1S/C17H25N3/c1-9(2)14-8-15(20-17(18)19-14)16-12-4-10-3-11(6-12)7-13(16)5-10/h8-13,16H,3-7H2,1-2H3,(H2,18,19,20). The molecule has 0 aromatic carbocycles. The lowest BCUT2D eigenvalue weighted by Gasteiger charge is -2.54. The number of anilines is 1. The molecule has 1 aromatic rings. The summed E-state index contributed by atoms with van der Waals surface area (Å²) in [6.07, 6.45) is 7.22. The highest BCUT2D eigenvalue weighted by molar-refractivity contribution is 5.28. The maximum Gasteiger partial charge on any atom is 0.220 e. The topological polar surface area (TPSA) is 51.8 Å². The molecule has 3 nitrogen and oxygen atoms in total. The number of hydrogen-bond donors (Lipinski definition) is 1. The maximum absolute atomic E-state index is 5.97. The highest BCUT2D eigenvalue weighted by atomic mass is 15.0. The minimum atomic E-state index is 0.427. The van der Waals surface area contributed by atoms with Gasteiger partial charge in [-0.3, -0.25) is 0 Å². The summed E-state index contributed by atoms with van der Waals surface area (Å²) in [5.41, 5.74) is 8.33. The molecule has 0 aliphatic heterocycles. The minimum absolute atomic E-state index is 0.427. The Morgan fingerprint density at radius 1 is 1.00 bits per heavy atom. The van der Waals surface area contributed by atoms with Crippen LogP contribution in [0.5, 0.6) is 0 Å². The van der Waals surface area contributed by atoms with Crippen LogP contribution < -0.4 is 5.73 Å². The summed E-state index contributed by atoms with van der Waals surface area (Å²) in [5.74, 6) is 5.30. The lowest BCUT2D eigenvalue weighted by Crippen LogP contribution is -2.44. The fourth-order valence-corrected chi connectivity index (χ4v) is 5.38. The molecule has 4 saturated carbocycles. The molecule has 4 aliphatic carbocycles. The Kier molecular flexibility index (Phi) is 2.80. The number of aromatic nitrogens is 2. The van der Waals surface area contributed by atoms with Crippen LogP contribution in [0.15, 0.2) is 6.07 Å². The van der Waals surface area contributed by atoms with Crippen molar-refractivity contribution in [3.63, 3.8) is 0 Å². The smallest absolute Gasteiger partial charge is 0.220 e. The summed E-state index contributed by atoms with van der Waals surface area (Å²) < 4.78 is 0. The van der Waals surface area contributed by atoms with Gasteiger partial charge in [0.05, 0.1) is 0 Å². The zero-order valence-corrected chi connectivity index (χ0v) is 12.5. The molecule has 20 heavy (non-hydrogen) atoms. The van der Waals surface area contributed by atoms with E-state index in [0.29, 0.717) is 17.8 Å². The van der Waals surface area contributed by atoms with E-state index in [-0.39, 0.29) is 0 Å². The fraction of sp³-hybridized carbons (Fsp3) is 0.765. The van der Waals surface area contributed by atoms with Crippen molar-refractivity contribution in [3.05, 3.63) is 17.5 Å². The Morgan fingerprint density at radius 2 is 1.60 bits per heavy atom. The highest BCUT2D eigenvalue weighted by Gasteiger charge is 2.49. The Morgan fingerprint density at radius 3 is 2.15 bits per heavy atom. The van der Waals surface area contributed by atoms with Gasteiger partial charge in [0.25, 0.3) is 0 Å². The van der Waals surface area contributed by atoms with E-state index in [1.54, 1.807) is 0 Å². The number of nitrogens with zero attached hydrogens (tertiary/aromatic N) is 2. The zero-order valence-electron chi connectivity index (χ0n) is 12.5. The fourth-order valence-electron chi connectivity index (χ4n) is 5.38. The molecule has 4 fully saturated rings. The van der Waals surface area contributed by atoms with Crippen LogP contribution in [0.3, 0.4) is 0 Å². The first-order valence-corrected chi connectivity index (χ1v) is 8.24. The van der Waals surface area contributed by atoms with Crippen LogP contribution in [0.2, 0.25) is 0 Å². The Labute approximate surface area is 121 Å². The second-order valence-electron chi connectivity index (χ2n) is 7.69. The van der Waals surface area contributed by atoms with Crippen molar-refractivity contribution in [2.45, 2.75) is 57.8 Å². The van der Waals surface area contributed by atoms with Gasteiger partial charge < -0.3 is 5.73 Å². The van der Waals surface area contributed by atoms with E-state index in [1.807, 2.05) is 0 Å². The second-order valence-corrected chi connectivity index (χ2v) is 7.69. The van der Waals surface area contributed by atoms with Gasteiger partial charge in [0.2, 0.25) is 5.95 Å². The summed E-state index contributed by atoms with van der Waals surface area (Å²) in [7, 11) is 0. The summed E-state index contributed by atoms with van der Waals surface area (Å²) in [6.45, 7) is 4.37. The Balaban J connectivity index is 1.70. The molecule has 0 spiro atoms. The van der Waals surface area contributed by atoms with E-state index >= 15 is 0 Å². The number of hydrogen-bond acceptors (Lipinski definition) is 3. The van der Waals surface area contributed by atoms with Crippen LogP contribution in [0, 0.1) is 23.7 Å². The van der Waals surface area contributed by atoms with E-state index in [0.717, 1.165) is 29.4 Å². The lowest BCUT2D eigenvalue weighted by molar-refractivity contribution is -0.00417. The van der Waals surface area contributed by atoms with Gasteiger partial charge in [-0.2, -0.15) is 0 Å². The van der Waals surface area contributed by atoms with Crippen molar-refractivity contribution in [3.8, 4) is 0 Å². The zero-order chi connectivity index (χ0) is 13.9. The van der Waals surface area contributed by atoms with Crippen molar-refractivity contribution in [2.75, 3.05) is 5.73 Å². The summed E-state index contributed by atoms with van der Waals surface area (Å²) >= 11 is 0. The average Bonchev–Trinajstić information content (AvgIpc) is 2.36. The maximum atomic E-state index is 5.97. The van der Waals surface area contributed by atoms with E-state index in [2.05, 4.69) is 29.9 Å². The van der Waals surface area contributed by atoms with Crippen molar-refractivity contribution < 1.29 is 0 Å². The van der Waals surface area contributed by atoms with E-state index in [1.165, 1.54) is 37.8 Å². The number of nitrogen functional groups attached to an aromatic ring is 1. The van der Waals surface area contributed by atoms with Crippen LogP contribution in [0.4, 0.5) is 5.95 Å². The highest BCUT2D eigenvalue weighted by Crippen LogP contribution is 2.59. The average molecular weight is 271 g/mol. The molecule has 3 heteroatoms. The van der Waals surface area contributed by atoms with Gasteiger partial charge in [-0.1, -0.05) is 13.8 Å². The molecule has 4 aliphatic rings. The van der Waals surface area contributed by atoms with E-state index in [4.69, 9.17) is 5.73 Å². The largest absolute Gasteiger partial charge is 0.368 e. The first kappa shape index (κ1) is 12.6. The molecule has 0 amide bonds. The van der Waals surface area contributed by atoms with E-state index in [9.17, 15) is 0 Å². The predicted molar refractivity (Wildman–Crippen MR) is 80.3 cm³/mol. The molecular formula is C17H25N3. The molecule has 0 radical (unpaired) electrons. The lowest BCUT2D eigenvalue weighted by atomic mass is 9.51. The molecule has 1 heterocycles. The first-order valence-electron chi connectivity index (χ1n) is 8.24. The van der Waals surface area contributed by atoms with Crippen LogP contribution in [0.1, 0.15) is 69.2 Å². The van der Waals surface area contributed by atoms with Gasteiger partial charge in [-0.25, -0.2) is 9.97 Å². The Bertz CT molecular complexity index is 495. The van der Waals surface area contributed by atoms with Crippen LogP contribution in [-0.2, 0) is 0 Å². The number of nitrogens with two attached hydrogens (primary N) is 1. The van der Waals surface area contributed by atoms with Gasteiger partial charge in [-0.15, -0.1) is 0 Å². The SMILES string of the molecule is CC(C)c1cc(C2C3CC4CC(C3)CC2C4)nc(N)n1. The van der Waals surface area contributed by atoms with Crippen LogP contribution >= 0.6 is 0 Å². The molecule has 0 unspecified atom stereocenters. The number of rotatable bonds is 2. The van der Waals surface area contributed by atoms with Gasteiger partial charge in [0.15, 0.2) is 0 Å². The van der Waals surface area contributed by atoms with Gasteiger partial charge in [-0.05, 0) is 67.8 Å². The quantitative estimate of drug-likeness (QED) is 0.892. The third kappa shape index (κ3) is 1.94. The van der Waals surface area contributed by atoms with Crippen LogP contribution in [0.25, 0.3) is 0 Å². The summed E-state index contributed by atoms with van der Waals surface area (Å²) in [6, 6.07) is 2.24. The van der Waals surface area contributed by atoms with Gasteiger partial charge in [0.1, 0.15) is 0 Å². The molecular weight excluding hydrogens is 246 g/mol. The molecule has 108 valence electrons. The Hall–Kier alpha value is -1.12. The van der Waals surface area contributed by atoms with E-state index < -0.39 is 0 Å². The van der Waals surface area contributed by atoms with Crippen molar-refractivity contribution in [1.29, 1.82) is 0 Å². The molecule has 0 atom stereocenters. The molecule has 2 N–H and O–H groups in total.